The molecule has 0 spiro atoms. The van der Waals surface area contributed by atoms with Crippen LogP contribution >= 0.6 is 0 Å². The minimum atomic E-state index is -3.44. The molecule has 0 radical (unpaired) electrons. The second-order valence-electron chi connectivity index (χ2n) is 5.22. The van der Waals surface area contributed by atoms with Gasteiger partial charge in [-0.2, -0.15) is 4.31 Å². The summed E-state index contributed by atoms with van der Waals surface area (Å²) in [6, 6.07) is 1.70. The molecule has 0 saturated carbocycles. The molecule has 2 atom stereocenters. The summed E-state index contributed by atoms with van der Waals surface area (Å²) >= 11 is 0. The number of ether oxygens (including phenoxy) is 1. The Bertz CT molecular complexity index is 531. The van der Waals surface area contributed by atoms with E-state index in [1.807, 2.05) is 20.8 Å². The van der Waals surface area contributed by atoms with Crippen LogP contribution in [0.25, 0.3) is 0 Å². The summed E-state index contributed by atoms with van der Waals surface area (Å²) in [6.07, 6.45) is 1.41. The first kappa shape index (κ1) is 15.5. The van der Waals surface area contributed by atoms with Crippen molar-refractivity contribution in [3.05, 3.63) is 18.0 Å². The lowest BCUT2D eigenvalue weighted by Gasteiger charge is -2.34. The molecule has 1 aliphatic heterocycles. The van der Waals surface area contributed by atoms with E-state index >= 15 is 0 Å². The molecule has 1 fully saturated rings. The van der Waals surface area contributed by atoms with E-state index in [9.17, 15) is 8.42 Å². The second kappa shape index (κ2) is 6.26. The number of hydrogen-bond acceptors (Lipinski definition) is 4. The lowest BCUT2D eigenvalue weighted by Crippen LogP contribution is -2.47. The molecule has 2 N–H and O–H groups in total. The van der Waals surface area contributed by atoms with Crippen molar-refractivity contribution in [2.45, 2.75) is 44.4 Å². The van der Waals surface area contributed by atoms with Crippen LogP contribution in [0, 0.1) is 0 Å². The number of nitrogens with one attached hydrogen (secondary N) is 2. The Morgan fingerprint density at radius 3 is 2.65 bits per heavy atom. The highest BCUT2D eigenvalue weighted by molar-refractivity contribution is 7.89. The van der Waals surface area contributed by atoms with E-state index in [-0.39, 0.29) is 12.2 Å². The van der Waals surface area contributed by atoms with Gasteiger partial charge in [-0.1, -0.05) is 6.92 Å². The summed E-state index contributed by atoms with van der Waals surface area (Å²) in [7, 11) is -3.44. The van der Waals surface area contributed by atoms with E-state index in [2.05, 4.69) is 10.3 Å². The molecule has 1 aromatic heterocycles. The van der Waals surface area contributed by atoms with Crippen LogP contribution in [0.2, 0.25) is 0 Å². The predicted molar refractivity (Wildman–Crippen MR) is 76.9 cm³/mol. The Morgan fingerprint density at radius 1 is 1.40 bits per heavy atom. The normalized spacial score (nSPS) is 24.9. The van der Waals surface area contributed by atoms with Crippen molar-refractivity contribution in [1.29, 1.82) is 0 Å². The van der Waals surface area contributed by atoms with Gasteiger partial charge in [0, 0.05) is 31.5 Å². The van der Waals surface area contributed by atoms with E-state index in [0.717, 1.165) is 12.2 Å². The van der Waals surface area contributed by atoms with Gasteiger partial charge >= 0.3 is 0 Å². The fourth-order valence-electron chi connectivity index (χ4n) is 2.41. The lowest BCUT2D eigenvalue weighted by molar-refractivity contribution is -0.0440. The van der Waals surface area contributed by atoms with Crippen LogP contribution in [0.4, 0.5) is 0 Å². The molecule has 6 nitrogen and oxygen atoms in total. The fourth-order valence-corrected chi connectivity index (χ4v) is 4.02. The third-order valence-electron chi connectivity index (χ3n) is 3.31. The number of hydrogen-bond donors (Lipinski definition) is 2. The first-order chi connectivity index (χ1) is 9.43. The maximum atomic E-state index is 12.6. The van der Waals surface area contributed by atoms with Crippen LogP contribution in [0.3, 0.4) is 0 Å². The molecule has 1 aromatic rings. The van der Waals surface area contributed by atoms with E-state index in [4.69, 9.17) is 4.74 Å². The number of aromatic amines is 1. The van der Waals surface area contributed by atoms with Gasteiger partial charge in [0.2, 0.25) is 10.0 Å². The van der Waals surface area contributed by atoms with Crippen molar-refractivity contribution in [2.75, 3.05) is 19.6 Å². The van der Waals surface area contributed by atoms with Gasteiger partial charge < -0.3 is 15.0 Å². The number of nitrogens with zero attached hydrogens (tertiary/aromatic N) is 1. The highest BCUT2D eigenvalue weighted by Crippen LogP contribution is 2.21. The first-order valence-corrected chi connectivity index (χ1v) is 8.41. The van der Waals surface area contributed by atoms with Gasteiger partial charge in [-0.25, -0.2) is 8.42 Å². The van der Waals surface area contributed by atoms with Crippen molar-refractivity contribution in [1.82, 2.24) is 14.6 Å². The van der Waals surface area contributed by atoms with Gasteiger partial charge in [0.15, 0.2) is 0 Å². The summed E-state index contributed by atoms with van der Waals surface area (Å²) in [5, 5.41) is 3.16. The monoisotopic (exact) mass is 301 g/mol. The Kier molecular flexibility index (Phi) is 4.85. The van der Waals surface area contributed by atoms with Crippen LogP contribution in [0.15, 0.2) is 17.2 Å². The Labute approximate surface area is 120 Å². The molecule has 0 aliphatic carbocycles. The van der Waals surface area contributed by atoms with E-state index in [1.54, 1.807) is 12.3 Å². The molecule has 1 aliphatic rings. The number of H-pyrrole nitrogens is 1. The molecular formula is C13H23N3O3S. The molecular weight excluding hydrogens is 278 g/mol. The summed E-state index contributed by atoms with van der Waals surface area (Å²) in [4.78, 5) is 3.33. The van der Waals surface area contributed by atoms with E-state index in [1.165, 1.54) is 4.31 Å². The van der Waals surface area contributed by atoms with Gasteiger partial charge in [-0.15, -0.1) is 0 Å². The highest BCUT2D eigenvalue weighted by atomic mass is 32.2. The summed E-state index contributed by atoms with van der Waals surface area (Å²) in [5.74, 6) is 0. The molecule has 0 unspecified atom stereocenters. The molecule has 0 aromatic carbocycles. The van der Waals surface area contributed by atoms with Crippen molar-refractivity contribution in [2.24, 2.45) is 0 Å². The minimum absolute atomic E-state index is 0.0753. The molecule has 1 saturated heterocycles. The van der Waals surface area contributed by atoms with Crippen molar-refractivity contribution < 1.29 is 13.2 Å². The predicted octanol–water partition coefficient (Wildman–Crippen LogP) is 0.922. The topological polar surface area (TPSA) is 74.4 Å². The average molecular weight is 301 g/mol. The molecule has 2 heterocycles. The standard InChI is InChI=1S/C13H23N3O3S/c1-4-14-6-12-5-13(7-15-12)20(17,18)16-8-10(2)19-11(3)9-16/h5,7,10-11,14-15H,4,6,8-9H2,1-3H3/t10-,11+. The van der Waals surface area contributed by atoms with E-state index < -0.39 is 10.0 Å². The van der Waals surface area contributed by atoms with Crippen molar-refractivity contribution in [3.8, 4) is 0 Å². The largest absolute Gasteiger partial charge is 0.373 e. The van der Waals surface area contributed by atoms with Gasteiger partial charge in [0.05, 0.1) is 17.1 Å². The summed E-state index contributed by atoms with van der Waals surface area (Å²) < 4.78 is 32.3. The molecule has 2 rings (SSSR count). The third kappa shape index (κ3) is 3.41. The van der Waals surface area contributed by atoms with Crippen molar-refractivity contribution in [3.63, 3.8) is 0 Å². The SMILES string of the molecule is CCNCc1cc(S(=O)(=O)N2C[C@@H](C)O[C@@H](C)C2)c[nH]1. The van der Waals surface area contributed by atoms with Crippen LogP contribution in [-0.4, -0.2) is 49.5 Å². The number of aromatic nitrogens is 1. The maximum absolute atomic E-state index is 12.6. The molecule has 114 valence electrons. The average Bonchev–Trinajstić information content (AvgIpc) is 2.84. The number of morpholine rings is 1. The highest BCUT2D eigenvalue weighted by Gasteiger charge is 2.32. The molecule has 7 heteroatoms. The zero-order valence-corrected chi connectivity index (χ0v) is 13.0. The number of sulfonamides is 1. The minimum Gasteiger partial charge on any atom is -0.373 e. The smallest absolute Gasteiger partial charge is 0.244 e. The maximum Gasteiger partial charge on any atom is 0.244 e. The van der Waals surface area contributed by atoms with Gasteiger partial charge in [0.1, 0.15) is 0 Å². The quantitative estimate of drug-likeness (QED) is 0.848. The lowest BCUT2D eigenvalue weighted by atomic mass is 10.3. The summed E-state index contributed by atoms with van der Waals surface area (Å²) in [6.45, 7) is 8.09. The first-order valence-electron chi connectivity index (χ1n) is 6.97. The zero-order chi connectivity index (χ0) is 14.8. The molecule has 0 bridgehead atoms. The molecule has 0 amide bonds. The van der Waals surface area contributed by atoms with Crippen LogP contribution in [0.1, 0.15) is 26.5 Å². The van der Waals surface area contributed by atoms with Gasteiger partial charge in [-0.3, -0.25) is 0 Å². The second-order valence-corrected chi connectivity index (χ2v) is 7.16. The summed E-state index contributed by atoms with van der Waals surface area (Å²) in [5.41, 5.74) is 0.875. The number of rotatable bonds is 5. The zero-order valence-electron chi connectivity index (χ0n) is 12.2. The van der Waals surface area contributed by atoms with Crippen LogP contribution in [0.5, 0.6) is 0 Å². The Hall–Kier alpha value is -0.890. The van der Waals surface area contributed by atoms with Gasteiger partial charge in [-0.05, 0) is 26.5 Å². The van der Waals surface area contributed by atoms with Crippen LogP contribution in [-0.2, 0) is 21.3 Å². The Balaban J connectivity index is 2.15. The Morgan fingerprint density at radius 2 is 2.05 bits per heavy atom. The third-order valence-corrected chi connectivity index (χ3v) is 5.12. The molecule has 20 heavy (non-hydrogen) atoms. The van der Waals surface area contributed by atoms with Gasteiger partial charge in [0.25, 0.3) is 0 Å². The van der Waals surface area contributed by atoms with Crippen LogP contribution < -0.4 is 5.32 Å². The fraction of sp³-hybridized carbons (Fsp3) is 0.692. The van der Waals surface area contributed by atoms with E-state index in [0.29, 0.717) is 24.5 Å². The van der Waals surface area contributed by atoms with Crippen molar-refractivity contribution >= 4 is 10.0 Å².